The van der Waals surface area contributed by atoms with E-state index < -0.39 is 0 Å². The number of nitrogens with one attached hydrogen (secondary N) is 1. The summed E-state index contributed by atoms with van der Waals surface area (Å²) >= 11 is 0. The summed E-state index contributed by atoms with van der Waals surface area (Å²) in [4.78, 5) is 12.3. The fourth-order valence-corrected chi connectivity index (χ4v) is 2.40. The number of amides is 1. The largest absolute Gasteiger partial charge is 0.491 e. The first-order chi connectivity index (χ1) is 11.3. The first-order valence-corrected chi connectivity index (χ1v) is 8.37. The van der Waals surface area contributed by atoms with Crippen molar-refractivity contribution in [3.8, 4) is 5.75 Å². The molecule has 1 unspecified atom stereocenters. The van der Waals surface area contributed by atoms with Gasteiger partial charge in [0.25, 0.3) is 5.91 Å². The lowest BCUT2D eigenvalue weighted by molar-refractivity contribution is 0.0926. The summed E-state index contributed by atoms with van der Waals surface area (Å²) < 4.78 is 5.78. The number of rotatable bonds is 5. The molecule has 0 saturated heterocycles. The number of hydrogen-bond acceptors (Lipinski definition) is 2. The molecule has 0 bridgehead atoms. The van der Waals surface area contributed by atoms with Crippen molar-refractivity contribution in [2.45, 2.75) is 46.1 Å². The zero-order valence-corrected chi connectivity index (χ0v) is 15.2. The van der Waals surface area contributed by atoms with Crippen molar-refractivity contribution in [2.75, 3.05) is 6.61 Å². The van der Waals surface area contributed by atoms with E-state index >= 15 is 0 Å². The van der Waals surface area contributed by atoms with Crippen molar-refractivity contribution in [1.29, 1.82) is 0 Å². The van der Waals surface area contributed by atoms with E-state index in [2.05, 4.69) is 26.1 Å². The number of carbonyl (C=O) groups excluding carboxylic acids is 1. The minimum absolute atomic E-state index is 0.0700. The summed E-state index contributed by atoms with van der Waals surface area (Å²) in [7, 11) is 0. The summed E-state index contributed by atoms with van der Waals surface area (Å²) in [6, 6.07) is 15.6. The van der Waals surface area contributed by atoms with Gasteiger partial charge in [0.15, 0.2) is 0 Å². The molecule has 0 saturated carbocycles. The molecule has 24 heavy (non-hydrogen) atoms. The third kappa shape index (κ3) is 4.85. The van der Waals surface area contributed by atoms with Crippen LogP contribution < -0.4 is 10.1 Å². The van der Waals surface area contributed by atoms with Crippen LogP contribution in [0.2, 0.25) is 0 Å². The Balaban J connectivity index is 1.90. The molecule has 0 radical (unpaired) electrons. The lowest BCUT2D eigenvalue weighted by Gasteiger charge is -2.19. The predicted octanol–water partition coefficient (Wildman–Crippen LogP) is 4.49. The molecule has 1 atom stereocenters. The highest BCUT2D eigenvalue weighted by Gasteiger charge is 2.15. The van der Waals surface area contributed by atoms with Crippen LogP contribution in [0.3, 0.4) is 0 Å². The molecule has 0 aliphatic rings. The molecule has 0 fully saturated rings. The van der Waals surface area contributed by atoms with Gasteiger partial charge in [-0.25, -0.2) is 0 Å². The molecule has 1 amide bonds. The fraction of sp³-hybridized carbons (Fsp3) is 0.381. The molecule has 0 aliphatic carbocycles. The van der Waals surface area contributed by atoms with Crippen molar-refractivity contribution in [2.24, 2.45) is 0 Å². The average molecular weight is 325 g/mol. The quantitative estimate of drug-likeness (QED) is 0.879. The van der Waals surface area contributed by atoms with Crippen molar-refractivity contribution in [1.82, 2.24) is 5.32 Å². The van der Waals surface area contributed by atoms with Gasteiger partial charge >= 0.3 is 0 Å². The Kier molecular flexibility index (Phi) is 5.66. The van der Waals surface area contributed by atoms with Crippen LogP contribution in [0.15, 0.2) is 48.5 Å². The van der Waals surface area contributed by atoms with E-state index in [1.165, 1.54) is 5.56 Å². The molecule has 2 aromatic carbocycles. The molecule has 2 aromatic rings. The van der Waals surface area contributed by atoms with Gasteiger partial charge in [-0.1, -0.05) is 51.1 Å². The lowest BCUT2D eigenvalue weighted by Crippen LogP contribution is -2.36. The maximum Gasteiger partial charge on any atom is 0.251 e. The topological polar surface area (TPSA) is 38.3 Å². The van der Waals surface area contributed by atoms with E-state index in [0.29, 0.717) is 12.2 Å². The first-order valence-electron chi connectivity index (χ1n) is 8.37. The smallest absolute Gasteiger partial charge is 0.251 e. The zero-order chi connectivity index (χ0) is 17.7. The Morgan fingerprint density at radius 2 is 1.71 bits per heavy atom. The standard InChI is InChI=1S/C21H27NO2/c1-15-8-6-7-9-19(15)24-14-16(2)22-20(23)17-10-12-18(13-11-17)21(3,4)5/h6-13,16H,14H2,1-5H3,(H,22,23). The number of benzene rings is 2. The van der Waals surface area contributed by atoms with Gasteiger partial charge in [-0.15, -0.1) is 0 Å². The van der Waals surface area contributed by atoms with Gasteiger partial charge in [0, 0.05) is 5.56 Å². The van der Waals surface area contributed by atoms with Crippen LogP contribution in [0.5, 0.6) is 5.75 Å². The lowest BCUT2D eigenvalue weighted by atomic mass is 9.86. The molecule has 2 rings (SSSR count). The summed E-state index contributed by atoms with van der Waals surface area (Å²) in [6.45, 7) is 10.9. The maximum absolute atomic E-state index is 12.3. The zero-order valence-electron chi connectivity index (χ0n) is 15.2. The number of hydrogen-bond donors (Lipinski definition) is 1. The minimum Gasteiger partial charge on any atom is -0.491 e. The van der Waals surface area contributed by atoms with Gasteiger partial charge in [0.2, 0.25) is 0 Å². The number of carbonyl (C=O) groups is 1. The Morgan fingerprint density at radius 3 is 2.29 bits per heavy atom. The van der Waals surface area contributed by atoms with Crippen molar-refractivity contribution in [3.05, 3.63) is 65.2 Å². The summed E-state index contributed by atoms with van der Waals surface area (Å²) in [5.41, 5.74) is 3.07. The van der Waals surface area contributed by atoms with Crippen molar-refractivity contribution < 1.29 is 9.53 Å². The van der Waals surface area contributed by atoms with Gasteiger partial charge in [-0.2, -0.15) is 0 Å². The fourth-order valence-electron chi connectivity index (χ4n) is 2.40. The molecule has 0 spiro atoms. The highest BCUT2D eigenvalue weighted by molar-refractivity contribution is 5.94. The molecule has 1 N–H and O–H groups in total. The summed E-state index contributed by atoms with van der Waals surface area (Å²) in [6.07, 6.45) is 0. The van der Waals surface area contributed by atoms with E-state index in [9.17, 15) is 4.79 Å². The first kappa shape index (κ1) is 18.1. The summed E-state index contributed by atoms with van der Waals surface area (Å²) in [5.74, 6) is 0.782. The van der Waals surface area contributed by atoms with Crippen LogP contribution >= 0.6 is 0 Å². The normalized spacial score (nSPS) is 12.5. The number of ether oxygens (including phenoxy) is 1. The van der Waals surface area contributed by atoms with Crippen LogP contribution in [0, 0.1) is 6.92 Å². The van der Waals surface area contributed by atoms with Crippen molar-refractivity contribution >= 4 is 5.91 Å². The second kappa shape index (κ2) is 7.52. The van der Waals surface area contributed by atoms with Gasteiger partial charge in [-0.3, -0.25) is 4.79 Å². The van der Waals surface area contributed by atoms with Crippen LogP contribution in [0.25, 0.3) is 0 Å². The second-order valence-corrected chi connectivity index (χ2v) is 7.28. The Morgan fingerprint density at radius 1 is 1.08 bits per heavy atom. The predicted molar refractivity (Wildman–Crippen MR) is 98.7 cm³/mol. The Bertz CT molecular complexity index is 684. The van der Waals surface area contributed by atoms with E-state index in [-0.39, 0.29) is 17.4 Å². The highest BCUT2D eigenvalue weighted by Crippen LogP contribution is 2.22. The minimum atomic E-state index is -0.0728. The van der Waals surface area contributed by atoms with Crippen LogP contribution in [-0.2, 0) is 5.41 Å². The SMILES string of the molecule is Cc1ccccc1OCC(C)NC(=O)c1ccc(C(C)(C)C)cc1. The molecule has 0 aliphatic heterocycles. The van der Waals surface area contributed by atoms with Crippen LogP contribution in [0.1, 0.15) is 49.2 Å². The van der Waals surface area contributed by atoms with Gasteiger partial charge in [0.05, 0.1) is 6.04 Å². The van der Waals surface area contributed by atoms with Crippen LogP contribution in [-0.4, -0.2) is 18.6 Å². The monoisotopic (exact) mass is 325 g/mol. The van der Waals surface area contributed by atoms with E-state index in [1.54, 1.807) is 0 Å². The molecule has 0 aromatic heterocycles. The Labute approximate surface area is 145 Å². The average Bonchev–Trinajstić information content (AvgIpc) is 2.53. The second-order valence-electron chi connectivity index (χ2n) is 7.28. The molecular weight excluding hydrogens is 298 g/mol. The molecule has 3 nitrogen and oxygen atoms in total. The molecular formula is C21H27NO2. The van der Waals surface area contributed by atoms with E-state index in [4.69, 9.17) is 4.74 Å². The number of aryl methyl sites for hydroxylation is 1. The molecule has 3 heteroatoms. The van der Waals surface area contributed by atoms with Gasteiger partial charge in [0.1, 0.15) is 12.4 Å². The van der Waals surface area contributed by atoms with Gasteiger partial charge in [-0.05, 0) is 48.6 Å². The number of para-hydroxylation sites is 1. The van der Waals surface area contributed by atoms with E-state index in [1.807, 2.05) is 62.4 Å². The van der Waals surface area contributed by atoms with Crippen LogP contribution in [0.4, 0.5) is 0 Å². The Hall–Kier alpha value is -2.29. The summed E-state index contributed by atoms with van der Waals surface area (Å²) in [5, 5.41) is 2.98. The third-order valence-corrected chi connectivity index (χ3v) is 3.97. The third-order valence-electron chi connectivity index (χ3n) is 3.97. The molecule has 0 heterocycles. The maximum atomic E-state index is 12.3. The van der Waals surface area contributed by atoms with Gasteiger partial charge < -0.3 is 10.1 Å². The molecule has 128 valence electrons. The van der Waals surface area contributed by atoms with Crippen molar-refractivity contribution in [3.63, 3.8) is 0 Å². The van der Waals surface area contributed by atoms with E-state index in [0.717, 1.165) is 11.3 Å². The highest BCUT2D eigenvalue weighted by atomic mass is 16.5.